The van der Waals surface area contributed by atoms with Gasteiger partial charge in [-0.25, -0.2) is 17.6 Å². The largest absolute Gasteiger partial charge is 0.490 e. The Balaban J connectivity index is 1.96. The Morgan fingerprint density at radius 2 is 1.78 bits per heavy atom. The maximum Gasteiger partial charge on any atom is 0.338 e. The second-order valence-corrected chi connectivity index (χ2v) is 8.08. The zero-order valence-electron chi connectivity index (χ0n) is 15.4. The molecule has 0 saturated carbocycles. The van der Waals surface area contributed by atoms with Crippen LogP contribution in [0.4, 0.5) is 4.39 Å². The molecule has 0 saturated heterocycles. The van der Waals surface area contributed by atoms with Crippen molar-refractivity contribution in [1.82, 2.24) is 4.31 Å². The Morgan fingerprint density at radius 3 is 2.41 bits per heavy atom. The zero-order chi connectivity index (χ0) is 20.0. The summed E-state index contributed by atoms with van der Waals surface area (Å²) in [5, 5.41) is 0. The van der Waals surface area contributed by atoms with Crippen LogP contribution in [0, 0.1) is 5.82 Å². The molecule has 0 atom stereocenters. The van der Waals surface area contributed by atoms with Crippen LogP contribution in [0.3, 0.4) is 0 Å². The van der Waals surface area contributed by atoms with Crippen LogP contribution in [-0.2, 0) is 14.8 Å². The standard InChI is InChI=1S/C19H22FNO5S/c1-14(2)21(3)27(23,24)18-6-4-5-15(13-18)19(22)26-12-11-25-17-9-7-16(20)8-10-17/h4-10,13-14H,11-12H2,1-3H3. The lowest BCUT2D eigenvalue weighted by molar-refractivity contribution is 0.0450. The van der Waals surface area contributed by atoms with Crippen molar-refractivity contribution >= 4 is 16.0 Å². The minimum absolute atomic E-state index is 0.0238. The number of hydrogen-bond acceptors (Lipinski definition) is 5. The highest BCUT2D eigenvalue weighted by Gasteiger charge is 2.24. The molecule has 0 radical (unpaired) electrons. The van der Waals surface area contributed by atoms with Gasteiger partial charge in [-0.1, -0.05) is 6.07 Å². The number of nitrogens with zero attached hydrogens (tertiary/aromatic N) is 1. The Hall–Kier alpha value is -2.45. The molecular weight excluding hydrogens is 373 g/mol. The van der Waals surface area contributed by atoms with Crippen LogP contribution in [0.15, 0.2) is 53.4 Å². The predicted octanol–water partition coefficient (Wildman–Crippen LogP) is 3.09. The number of ether oxygens (including phenoxy) is 2. The molecule has 0 bridgehead atoms. The van der Waals surface area contributed by atoms with Crippen molar-refractivity contribution in [2.75, 3.05) is 20.3 Å². The third-order valence-corrected chi connectivity index (χ3v) is 5.90. The third kappa shape index (κ3) is 5.51. The van der Waals surface area contributed by atoms with E-state index in [9.17, 15) is 17.6 Å². The molecule has 0 unspecified atom stereocenters. The molecule has 0 spiro atoms. The smallest absolute Gasteiger partial charge is 0.338 e. The number of carbonyl (C=O) groups excluding carboxylic acids is 1. The van der Waals surface area contributed by atoms with Crippen LogP contribution >= 0.6 is 0 Å². The van der Waals surface area contributed by atoms with E-state index in [4.69, 9.17) is 9.47 Å². The highest BCUT2D eigenvalue weighted by molar-refractivity contribution is 7.89. The first-order valence-corrected chi connectivity index (χ1v) is 9.79. The minimum atomic E-state index is -3.69. The lowest BCUT2D eigenvalue weighted by atomic mass is 10.2. The highest BCUT2D eigenvalue weighted by atomic mass is 32.2. The SMILES string of the molecule is CC(C)N(C)S(=O)(=O)c1cccc(C(=O)OCCOc2ccc(F)cc2)c1. The molecule has 0 heterocycles. The molecular formula is C19H22FNO5S. The van der Waals surface area contributed by atoms with Gasteiger partial charge < -0.3 is 9.47 Å². The summed E-state index contributed by atoms with van der Waals surface area (Å²) in [6, 6.07) is 11.0. The van der Waals surface area contributed by atoms with Gasteiger partial charge in [0.1, 0.15) is 24.8 Å². The summed E-state index contributed by atoms with van der Waals surface area (Å²) >= 11 is 0. The van der Waals surface area contributed by atoms with E-state index >= 15 is 0 Å². The summed E-state index contributed by atoms with van der Waals surface area (Å²) in [6.45, 7) is 3.58. The molecule has 0 amide bonds. The quantitative estimate of drug-likeness (QED) is 0.507. The summed E-state index contributed by atoms with van der Waals surface area (Å²) in [5.74, 6) is -0.564. The molecule has 0 aliphatic heterocycles. The zero-order valence-corrected chi connectivity index (χ0v) is 16.2. The monoisotopic (exact) mass is 395 g/mol. The van der Waals surface area contributed by atoms with Crippen molar-refractivity contribution in [2.45, 2.75) is 24.8 Å². The van der Waals surface area contributed by atoms with Gasteiger partial charge in [-0.15, -0.1) is 0 Å². The molecule has 2 rings (SSSR count). The second kappa shape index (κ2) is 8.96. The summed E-state index contributed by atoms with van der Waals surface area (Å²) in [7, 11) is -2.20. The molecule has 27 heavy (non-hydrogen) atoms. The van der Waals surface area contributed by atoms with Gasteiger partial charge in [-0.2, -0.15) is 4.31 Å². The predicted molar refractivity (Wildman–Crippen MR) is 98.7 cm³/mol. The molecule has 2 aromatic carbocycles. The van der Waals surface area contributed by atoms with Gasteiger partial charge in [0.15, 0.2) is 0 Å². The summed E-state index contributed by atoms with van der Waals surface area (Å²) in [4.78, 5) is 12.2. The van der Waals surface area contributed by atoms with E-state index in [0.717, 1.165) is 0 Å². The van der Waals surface area contributed by atoms with Crippen molar-refractivity contribution in [3.05, 3.63) is 59.9 Å². The summed E-state index contributed by atoms with van der Waals surface area (Å²) in [5.41, 5.74) is 0.134. The van der Waals surface area contributed by atoms with Gasteiger partial charge in [-0.3, -0.25) is 0 Å². The topological polar surface area (TPSA) is 72.9 Å². The third-order valence-electron chi connectivity index (χ3n) is 3.87. The molecule has 0 aliphatic carbocycles. The van der Waals surface area contributed by atoms with Gasteiger partial charge in [0.25, 0.3) is 0 Å². The first-order chi connectivity index (χ1) is 12.7. The maximum absolute atomic E-state index is 12.8. The highest BCUT2D eigenvalue weighted by Crippen LogP contribution is 2.18. The van der Waals surface area contributed by atoms with Crippen molar-refractivity contribution in [3.63, 3.8) is 0 Å². The van der Waals surface area contributed by atoms with Crippen LogP contribution < -0.4 is 4.74 Å². The van der Waals surface area contributed by atoms with Crippen LogP contribution in [0.2, 0.25) is 0 Å². The van der Waals surface area contributed by atoms with Gasteiger partial charge in [0.2, 0.25) is 10.0 Å². The number of carbonyl (C=O) groups is 1. The second-order valence-electron chi connectivity index (χ2n) is 6.08. The van der Waals surface area contributed by atoms with E-state index in [0.29, 0.717) is 5.75 Å². The minimum Gasteiger partial charge on any atom is -0.490 e. The number of sulfonamides is 1. The fraction of sp³-hybridized carbons (Fsp3) is 0.316. The van der Waals surface area contributed by atoms with E-state index in [2.05, 4.69) is 0 Å². The van der Waals surface area contributed by atoms with Gasteiger partial charge in [-0.05, 0) is 56.3 Å². The number of benzene rings is 2. The van der Waals surface area contributed by atoms with Crippen LogP contribution in [0.25, 0.3) is 0 Å². The molecule has 146 valence electrons. The number of halogens is 1. The average Bonchev–Trinajstić information content (AvgIpc) is 2.65. The van der Waals surface area contributed by atoms with Crippen molar-refractivity contribution in [1.29, 1.82) is 0 Å². The van der Waals surface area contributed by atoms with Crippen LogP contribution in [0.5, 0.6) is 5.75 Å². The first kappa shape index (κ1) is 20.9. The van der Waals surface area contributed by atoms with E-state index in [1.54, 1.807) is 13.8 Å². The van der Waals surface area contributed by atoms with E-state index in [-0.39, 0.29) is 35.5 Å². The Kier molecular flexibility index (Phi) is 6.92. The fourth-order valence-corrected chi connectivity index (χ4v) is 3.55. The van der Waals surface area contributed by atoms with Crippen molar-refractivity contribution in [2.24, 2.45) is 0 Å². The summed E-state index contributed by atoms with van der Waals surface area (Å²) in [6.07, 6.45) is 0. The Morgan fingerprint density at radius 1 is 1.11 bits per heavy atom. The molecule has 0 aromatic heterocycles. The van der Waals surface area contributed by atoms with Gasteiger partial charge in [0, 0.05) is 13.1 Å². The van der Waals surface area contributed by atoms with E-state index < -0.39 is 16.0 Å². The number of hydrogen-bond donors (Lipinski definition) is 0. The fourth-order valence-electron chi connectivity index (χ4n) is 2.14. The number of rotatable bonds is 8. The molecule has 0 N–H and O–H groups in total. The van der Waals surface area contributed by atoms with E-state index in [1.807, 2.05) is 0 Å². The van der Waals surface area contributed by atoms with Crippen molar-refractivity contribution < 1.29 is 27.1 Å². The van der Waals surface area contributed by atoms with E-state index in [1.165, 1.54) is 59.9 Å². The van der Waals surface area contributed by atoms with Crippen molar-refractivity contribution in [3.8, 4) is 5.75 Å². The summed E-state index contributed by atoms with van der Waals surface area (Å²) < 4.78 is 49.5. The van der Waals surface area contributed by atoms with Crippen LogP contribution in [0.1, 0.15) is 24.2 Å². The molecule has 2 aromatic rings. The maximum atomic E-state index is 12.8. The Labute approximate surface area is 158 Å². The first-order valence-electron chi connectivity index (χ1n) is 8.35. The average molecular weight is 395 g/mol. The normalized spacial score (nSPS) is 11.6. The lowest BCUT2D eigenvalue weighted by Crippen LogP contribution is -2.33. The molecule has 0 fully saturated rings. The lowest BCUT2D eigenvalue weighted by Gasteiger charge is -2.21. The van der Waals surface area contributed by atoms with Gasteiger partial charge >= 0.3 is 5.97 Å². The van der Waals surface area contributed by atoms with Crippen LogP contribution in [-0.4, -0.2) is 45.0 Å². The molecule has 8 heteroatoms. The Bertz CT molecular complexity index is 881. The number of esters is 1. The molecule has 6 nitrogen and oxygen atoms in total. The van der Waals surface area contributed by atoms with Gasteiger partial charge in [0.05, 0.1) is 10.5 Å². The molecule has 0 aliphatic rings.